The molecule has 1 heterocycles. The summed E-state index contributed by atoms with van der Waals surface area (Å²) in [5, 5.41) is 9.98. The molecule has 20 heavy (non-hydrogen) atoms. The lowest BCUT2D eigenvalue weighted by molar-refractivity contribution is -0.105. The number of nitrogens with zero attached hydrogens (tertiary/aromatic N) is 2. The molecule has 0 saturated carbocycles. The minimum absolute atomic E-state index is 0.0707. The van der Waals surface area contributed by atoms with Crippen LogP contribution in [-0.2, 0) is 10.2 Å². The summed E-state index contributed by atoms with van der Waals surface area (Å²) in [5.74, 6) is 0.134. The minimum atomic E-state index is -0.685. The molecule has 1 aliphatic carbocycles. The Kier molecular flexibility index (Phi) is 4.34. The maximum Gasteiger partial charge on any atom is 0.146 e. The summed E-state index contributed by atoms with van der Waals surface area (Å²) in [7, 11) is 0. The summed E-state index contributed by atoms with van der Waals surface area (Å²) in [6.07, 6.45) is 7.09. The molecule has 2 rings (SSSR count). The second-order valence-electron chi connectivity index (χ2n) is 5.32. The summed E-state index contributed by atoms with van der Waals surface area (Å²) >= 11 is 0. The Morgan fingerprint density at radius 2 is 2.25 bits per heavy atom. The van der Waals surface area contributed by atoms with E-state index in [1.54, 1.807) is 6.20 Å². The number of carbonyl (C=O) groups excluding carboxylic acids is 1. The van der Waals surface area contributed by atoms with Crippen LogP contribution in [-0.4, -0.2) is 11.3 Å². The third-order valence-electron chi connectivity index (χ3n) is 4.54. The van der Waals surface area contributed by atoms with E-state index >= 15 is 0 Å². The van der Waals surface area contributed by atoms with Crippen LogP contribution in [0, 0.1) is 23.2 Å². The van der Waals surface area contributed by atoms with Gasteiger partial charge in [0.2, 0.25) is 0 Å². The fourth-order valence-corrected chi connectivity index (χ4v) is 3.55. The Balaban J connectivity index is 2.65. The second kappa shape index (κ2) is 6.00. The standard InChI is InChI=1S/C17H20N2O/c1-3-14-9-8-13(11-20)15(4-2)17(14,12-18)16-7-5-6-10-19-16/h5-8,10-11,14-15H,3-4,9H2,1-2H3/t14-,15-,17+/m1/s1. The first-order valence-corrected chi connectivity index (χ1v) is 7.22. The van der Waals surface area contributed by atoms with Crippen molar-refractivity contribution in [3.05, 3.63) is 41.7 Å². The van der Waals surface area contributed by atoms with E-state index in [4.69, 9.17) is 0 Å². The minimum Gasteiger partial charge on any atom is -0.298 e. The van der Waals surface area contributed by atoms with Crippen LogP contribution >= 0.6 is 0 Å². The quantitative estimate of drug-likeness (QED) is 0.786. The molecule has 1 aromatic rings. The molecule has 1 aliphatic rings. The highest BCUT2D eigenvalue weighted by atomic mass is 16.1. The number of aromatic nitrogens is 1. The number of pyridine rings is 1. The first-order valence-electron chi connectivity index (χ1n) is 7.22. The van der Waals surface area contributed by atoms with E-state index in [0.29, 0.717) is 0 Å². The van der Waals surface area contributed by atoms with E-state index in [-0.39, 0.29) is 11.8 Å². The number of allylic oxidation sites excluding steroid dienone is 2. The highest BCUT2D eigenvalue weighted by Crippen LogP contribution is 2.48. The highest BCUT2D eigenvalue weighted by Gasteiger charge is 2.50. The van der Waals surface area contributed by atoms with Gasteiger partial charge in [0.15, 0.2) is 0 Å². The van der Waals surface area contributed by atoms with Gasteiger partial charge in [-0.05, 0) is 36.5 Å². The second-order valence-corrected chi connectivity index (χ2v) is 5.32. The Bertz CT molecular complexity index is 544. The molecular weight excluding hydrogens is 248 g/mol. The number of nitriles is 1. The van der Waals surface area contributed by atoms with Crippen LogP contribution in [0.3, 0.4) is 0 Å². The predicted octanol–water partition coefficient (Wildman–Crippen LogP) is 3.42. The fraction of sp³-hybridized carbons (Fsp3) is 0.471. The molecule has 0 unspecified atom stereocenters. The van der Waals surface area contributed by atoms with Crippen molar-refractivity contribution in [1.29, 1.82) is 5.26 Å². The molecule has 0 amide bonds. The van der Waals surface area contributed by atoms with Crippen molar-refractivity contribution in [3.8, 4) is 6.07 Å². The van der Waals surface area contributed by atoms with Gasteiger partial charge >= 0.3 is 0 Å². The molecule has 0 aromatic carbocycles. The topological polar surface area (TPSA) is 53.8 Å². The third-order valence-corrected chi connectivity index (χ3v) is 4.54. The van der Waals surface area contributed by atoms with E-state index in [2.05, 4.69) is 18.0 Å². The van der Waals surface area contributed by atoms with E-state index in [1.165, 1.54) is 0 Å². The van der Waals surface area contributed by atoms with E-state index < -0.39 is 5.41 Å². The molecule has 3 heteroatoms. The average molecular weight is 268 g/mol. The molecule has 0 N–H and O–H groups in total. The van der Waals surface area contributed by atoms with Gasteiger partial charge in [-0.15, -0.1) is 0 Å². The molecule has 0 spiro atoms. The number of hydrogen-bond acceptors (Lipinski definition) is 3. The molecule has 0 saturated heterocycles. The van der Waals surface area contributed by atoms with Crippen molar-refractivity contribution >= 4 is 6.29 Å². The van der Waals surface area contributed by atoms with Crippen molar-refractivity contribution in [2.45, 2.75) is 38.5 Å². The molecule has 0 radical (unpaired) electrons. The van der Waals surface area contributed by atoms with Gasteiger partial charge in [-0.25, -0.2) is 0 Å². The zero-order valence-electron chi connectivity index (χ0n) is 12.0. The number of rotatable bonds is 4. The Morgan fingerprint density at radius 1 is 1.45 bits per heavy atom. The van der Waals surface area contributed by atoms with Gasteiger partial charge in [0.25, 0.3) is 0 Å². The lowest BCUT2D eigenvalue weighted by atomic mass is 9.57. The van der Waals surface area contributed by atoms with Crippen LogP contribution in [0.1, 0.15) is 38.8 Å². The summed E-state index contributed by atoms with van der Waals surface area (Å²) in [6.45, 7) is 4.14. The van der Waals surface area contributed by atoms with Crippen LogP contribution in [0.25, 0.3) is 0 Å². The largest absolute Gasteiger partial charge is 0.298 e. The predicted molar refractivity (Wildman–Crippen MR) is 77.9 cm³/mol. The van der Waals surface area contributed by atoms with E-state index in [9.17, 15) is 10.1 Å². The smallest absolute Gasteiger partial charge is 0.146 e. The molecule has 0 aliphatic heterocycles. The van der Waals surface area contributed by atoms with Crippen LogP contribution in [0.2, 0.25) is 0 Å². The lowest BCUT2D eigenvalue weighted by Crippen LogP contribution is -2.45. The zero-order chi connectivity index (χ0) is 14.6. The van der Waals surface area contributed by atoms with Crippen molar-refractivity contribution in [2.75, 3.05) is 0 Å². The van der Waals surface area contributed by atoms with Crippen molar-refractivity contribution < 1.29 is 4.79 Å². The maximum atomic E-state index is 11.4. The van der Waals surface area contributed by atoms with Gasteiger partial charge in [-0.3, -0.25) is 9.78 Å². The van der Waals surface area contributed by atoms with E-state index in [1.807, 2.05) is 31.2 Å². The van der Waals surface area contributed by atoms with Crippen LogP contribution in [0.5, 0.6) is 0 Å². The monoisotopic (exact) mass is 268 g/mol. The summed E-state index contributed by atoms with van der Waals surface area (Å²) < 4.78 is 0. The Hall–Kier alpha value is -1.95. The molecule has 3 nitrogen and oxygen atoms in total. The molecular formula is C17H20N2O. The van der Waals surface area contributed by atoms with Crippen molar-refractivity contribution in [1.82, 2.24) is 4.98 Å². The molecule has 0 fully saturated rings. The normalized spacial score (nSPS) is 29.4. The zero-order valence-corrected chi connectivity index (χ0v) is 12.0. The van der Waals surface area contributed by atoms with Crippen molar-refractivity contribution in [2.24, 2.45) is 11.8 Å². The molecule has 104 valence electrons. The van der Waals surface area contributed by atoms with Crippen molar-refractivity contribution in [3.63, 3.8) is 0 Å². The Morgan fingerprint density at radius 3 is 2.75 bits per heavy atom. The van der Waals surface area contributed by atoms with Crippen LogP contribution in [0.4, 0.5) is 0 Å². The number of aldehydes is 1. The summed E-state index contributed by atoms with van der Waals surface area (Å²) in [5.41, 5.74) is 0.869. The fourth-order valence-electron chi connectivity index (χ4n) is 3.55. The number of hydrogen-bond donors (Lipinski definition) is 0. The molecule has 0 bridgehead atoms. The third kappa shape index (κ3) is 2.06. The first kappa shape index (κ1) is 14.5. The van der Waals surface area contributed by atoms with Crippen LogP contribution < -0.4 is 0 Å². The van der Waals surface area contributed by atoms with Gasteiger partial charge in [0, 0.05) is 12.1 Å². The van der Waals surface area contributed by atoms with Gasteiger partial charge in [-0.2, -0.15) is 5.26 Å². The van der Waals surface area contributed by atoms with Gasteiger partial charge in [0.1, 0.15) is 11.7 Å². The highest BCUT2D eigenvalue weighted by molar-refractivity contribution is 5.75. The average Bonchev–Trinajstić information content (AvgIpc) is 2.53. The van der Waals surface area contributed by atoms with Gasteiger partial charge < -0.3 is 0 Å². The first-order chi connectivity index (χ1) is 9.74. The lowest BCUT2D eigenvalue weighted by Gasteiger charge is -2.43. The van der Waals surface area contributed by atoms with Gasteiger partial charge in [-0.1, -0.05) is 32.4 Å². The summed E-state index contributed by atoms with van der Waals surface area (Å²) in [4.78, 5) is 15.8. The SMILES string of the molecule is CC[C@@H]1CC=C(C=O)[C@@H](CC)[C@@]1(C#N)c1ccccn1. The maximum absolute atomic E-state index is 11.4. The Labute approximate surface area is 120 Å². The summed E-state index contributed by atoms with van der Waals surface area (Å²) in [6, 6.07) is 8.23. The van der Waals surface area contributed by atoms with E-state index in [0.717, 1.165) is 36.8 Å². The van der Waals surface area contributed by atoms with Gasteiger partial charge in [0.05, 0.1) is 11.8 Å². The number of carbonyl (C=O) groups is 1. The molecule has 1 aromatic heterocycles. The molecule has 3 atom stereocenters. The van der Waals surface area contributed by atoms with Crippen LogP contribution in [0.15, 0.2) is 36.0 Å².